The summed E-state index contributed by atoms with van der Waals surface area (Å²) >= 11 is 6.40. The number of hydrogen-bond acceptors (Lipinski definition) is 4. The third kappa shape index (κ3) is 4.00. The molecule has 34 heavy (non-hydrogen) atoms. The Kier molecular flexibility index (Phi) is 5.70. The number of halogens is 4. The number of ether oxygens (including phenoxy) is 1. The average Bonchev–Trinajstić information content (AvgIpc) is 3.53. The van der Waals surface area contributed by atoms with Crippen LogP contribution in [0, 0.1) is 17.8 Å². The number of methoxy groups -OCH3 is 1. The lowest BCUT2D eigenvalue weighted by molar-refractivity contribution is -0.142. The normalized spacial score (nSPS) is 22.8. The summed E-state index contributed by atoms with van der Waals surface area (Å²) in [6.45, 7) is 1.94. The molecule has 2 heterocycles. The highest BCUT2D eigenvalue weighted by Crippen LogP contribution is 2.49. The molecule has 6 nitrogen and oxygen atoms in total. The molecule has 180 valence electrons. The van der Waals surface area contributed by atoms with E-state index in [9.17, 15) is 18.0 Å². The first kappa shape index (κ1) is 23.0. The first-order valence-corrected chi connectivity index (χ1v) is 11.6. The molecular formula is C24H24ClF3N4O2. The van der Waals surface area contributed by atoms with Gasteiger partial charge in [0.25, 0.3) is 5.91 Å². The van der Waals surface area contributed by atoms with Crippen LogP contribution in [0.4, 0.5) is 13.2 Å². The number of nitrogens with zero attached hydrogens (tertiary/aromatic N) is 3. The van der Waals surface area contributed by atoms with Gasteiger partial charge in [-0.05, 0) is 62.1 Å². The fourth-order valence-electron chi connectivity index (χ4n) is 5.56. The third-order valence-electron chi connectivity index (χ3n) is 7.20. The van der Waals surface area contributed by atoms with Crippen molar-refractivity contribution in [1.29, 1.82) is 0 Å². The Morgan fingerprint density at radius 2 is 2.06 bits per heavy atom. The summed E-state index contributed by atoms with van der Waals surface area (Å²) in [5.74, 6) is 1.54. The maximum absolute atomic E-state index is 13.9. The van der Waals surface area contributed by atoms with Crippen LogP contribution >= 0.6 is 11.6 Å². The van der Waals surface area contributed by atoms with E-state index >= 15 is 0 Å². The largest absolute Gasteiger partial charge is 0.497 e. The highest BCUT2D eigenvalue weighted by Gasteiger charge is 2.42. The van der Waals surface area contributed by atoms with E-state index in [2.05, 4.69) is 15.4 Å². The molecule has 2 aliphatic carbocycles. The Hall–Kier alpha value is -2.81. The van der Waals surface area contributed by atoms with Crippen molar-refractivity contribution in [2.24, 2.45) is 17.8 Å². The van der Waals surface area contributed by atoms with Gasteiger partial charge in [0.05, 0.1) is 12.8 Å². The van der Waals surface area contributed by atoms with Gasteiger partial charge in [-0.15, -0.1) is 0 Å². The minimum Gasteiger partial charge on any atom is -0.497 e. The van der Waals surface area contributed by atoms with Crippen LogP contribution in [0.1, 0.15) is 48.8 Å². The van der Waals surface area contributed by atoms with E-state index in [4.69, 9.17) is 16.3 Å². The predicted octanol–water partition coefficient (Wildman–Crippen LogP) is 5.63. The number of benzene rings is 1. The molecule has 0 aliphatic heterocycles. The first-order valence-electron chi connectivity index (χ1n) is 11.3. The van der Waals surface area contributed by atoms with Crippen molar-refractivity contribution in [3.05, 3.63) is 46.7 Å². The molecule has 5 rings (SSSR count). The molecule has 2 aromatic heterocycles. The van der Waals surface area contributed by atoms with E-state index in [1.165, 1.54) is 20.0 Å². The van der Waals surface area contributed by atoms with E-state index in [-0.39, 0.29) is 28.1 Å². The van der Waals surface area contributed by atoms with E-state index in [0.717, 1.165) is 18.9 Å². The molecule has 0 radical (unpaired) electrons. The molecule has 1 amide bonds. The lowest BCUT2D eigenvalue weighted by Crippen LogP contribution is -2.40. The first-order chi connectivity index (χ1) is 16.2. The zero-order chi connectivity index (χ0) is 24.2. The number of aromatic nitrogens is 3. The quantitative estimate of drug-likeness (QED) is 0.501. The monoisotopic (exact) mass is 492 g/mol. The second-order valence-corrected chi connectivity index (χ2v) is 9.63. The Morgan fingerprint density at radius 1 is 1.26 bits per heavy atom. The van der Waals surface area contributed by atoms with Crippen LogP contribution in [0.15, 0.2) is 30.3 Å². The van der Waals surface area contributed by atoms with Gasteiger partial charge in [0, 0.05) is 11.6 Å². The van der Waals surface area contributed by atoms with Crippen LogP contribution < -0.4 is 10.1 Å². The van der Waals surface area contributed by atoms with Gasteiger partial charge in [-0.25, -0.2) is 9.50 Å². The highest BCUT2D eigenvalue weighted by molar-refractivity contribution is 6.36. The second kappa shape index (κ2) is 8.45. The molecular weight excluding hydrogens is 469 g/mol. The van der Waals surface area contributed by atoms with Gasteiger partial charge in [0.1, 0.15) is 10.8 Å². The summed E-state index contributed by atoms with van der Waals surface area (Å²) in [6.07, 6.45) is -0.0902. The van der Waals surface area contributed by atoms with Gasteiger partial charge >= 0.3 is 6.18 Å². The zero-order valence-electron chi connectivity index (χ0n) is 18.7. The van der Waals surface area contributed by atoms with Gasteiger partial charge in [0.15, 0.2) is 17.0 Å². The number of carbonyl (C=O) groups is 1. The average molecular weight is 493 g/mol. The fraction of sp³-hybridized carbons (Fsp3) is 0.458. The van der Waals surface area contributed by atoms with E-state index in [1.54, 1.807) is 24.3 Å². The van der Waals surface area contributed by atoms with E-state index < -0.39 is 17.8 Å². The van der Waals surface area contributed by atoms with Crippen molar-refractivity contribution in [3.63, 3.8) is 0 Å². The summed E-state index contributed by atoms with van der Waals surface area (Å²) in [6, 6.07) is 7.31. The number of carbonyl (C=O) groups excluding carboxylic acids is 1. The van der Waals surface area contributed by atoms with E-state index in [1.807, 2.05) is 6.92 Å². The van der Waals surface area contributed by atoms with Crippen molar-refractivity contribution < 1.29 is 22.7 Å². The van der Waals surface area contributed by atoms with Crippen molar-refractivity contribution in [2.45, 2.75) is 44.8 Å². The predicted molar refractivity (Wildman–Crippen MR) is 121 cm³/mol. The Morgan fingerprint density at radius 3 is 2.71 bits per heavy atom. The summed E-state index contributed by atoms with van der Waals surface area (Å²) in [7, 11) is 1.47. The molecule has 3 aromatic rings. The minimum absolute atomic E-state index is 0.0443. The fourth-order valence-corrected chi connectivity index (χ4v) is 5.80. The lowest BCUT2D eigenvalue weighted by Gasteiger charge is -2.28. The molecule has 2 aliphatic rings. The second-order valence-electron chi connectivity index (χ2n) is 9.26. The van der Waals surface area contributed by atoms with Gasteiger partial charge in [-0.1, -0.05) is 30.2 Å². The van der Waals surface area contributed by atoms with Gasteiger partial charge in [-0.3, -0.25) is 4.79 Å². The van der Waals surface area contributed by atoms with Gasteiger partial charge in [0.2, 0.25) is 0 Å². The van der Waals surface area contributed by atoms with Crippen molar-refractivity contribution in [2.75, 3.05) is 7.11 Å². The Balaban J connectivity index is 1.52. The lowest BCUT2D eigenvalue weighted by atomic mass is 9.84. The molecule has 4 unspecified atom stereocenters. The van der Waals surface area contributed by atoms with Crippen molar-refractivity contribution >= 4 is 23.2 Å². The maximum Gasteiger partial charge on any atom is 0.433 e. The summed E-state index contributed by atoms with van der Waals surface area (Å²) < 4.78 is 47.6. The molecule has 10 heteroatoms. The molecule has 2 fully saturated rings. The molecule has 2 bridgehead atoms. The number of hydrogen-bond donors (Lipinski definition) is 1. The standard InChI is InChI=1S/C24H24ClF3N4O2/c1-12(17-9-13-6-7-14(17)8-13)29-23(33)21-20(25)22-30-18(15-4-3-5-16(10-15)34-2)11-19(24(26,27)28)32(22)31-21/h3-5,10-14,17H,6-9H2,1-2H3,(H,29,33). The number of amides is 1. The van der Waals surface area contributed by atoms with Gasteiger partial charge in [-0.2, -0.15) is 18.3 Å². The molecule has 1 N–H and O–H groups in total. The Bertz CT molecular complexity index is 1260. The Labute approximate surface area is 199 Å². The third-order valence-corrected chi connectivity index (χ3v) is 7.55. The molecule has 1 aromatic carbocycles. The maximum atomic E-state index is 13.9. The number of alkyl halides is 3. The van der Waals surface area contributed by atoms with E-state index in [0.29, 0.717) is 33.6 Å². The molecule has 0 spiro atoms. The highest BCUT2D eigenvalue weighted by atomic mass is 35.5. The minimum atomic E-state index is -4.74. The zero-order valence-corrected chi connectivity index (χ0v) is 19.5. The van der Waals surface area contributed by atoms with Crippen LogP contribution in [-0.2, 0) is 6.18 Å². The number of rotatable bonds is 5. The van der Waals surface area contributed by atoms with Gasteiger partial charge < -0.3 is 10.1 Å². The van der Waals surface area contributed by atoms with Crippen LogP contribution in [0.25, 0.3) is 16.9 Å². The smallest absolute Gasteiger partial charge is 0.433 e. The topological polar surface area (TPSA) is 68.5 Å². The summed E-state index contributed by atoms with van der Waals surface area (Å²) in [5.41, 5.74) is -1.11. The summed E-state index contributed by atoms with van der Waals surface area (Å²) in [4.78, 5) is 17.3. The van der Waals surface area contributed by atoms with Crippen LogP contribution in [-0.4, -0.2) is 33.7 Å². The molecule has 2 saturated carbocycles. The molecule has 4 atom stereocenters. The summed E-state index contributed by atoms with van der Waals surface area (Å²) in [5, 5.41) is 6.64. The van der Waals surface area contributed by atoms with Crippen LogP contribution in [0.5, 0.6) is 5.75 Å². The van der Waals surface area contributed by atoms with Crippen molar-refractivity contribution in [3.8, 4) is 17.0 Å². The van der Waals surface area contributed by atoms with Crippen molar-refractivity contribution in [1.82, 2.24) is 19.9 Å². The van der Waals surface area contributed by atoms with Crippen LogP contribution in [0.3, 0.4) is 0 Å². The number of nitrogens with one attached hydrogen (secondary N) is 1. The SMILES string of the molecule is COc1cccc(-c2cc(C(F)(F)F)n3nc(C(=O)NC(C)C4CC5CCC4C5)c(Cl)c3n2)c1. The molecule has 0 saturated heterocycles. The van der Waals surface area contributed by atoms with Crippen LogP contribution in [0.2, 0.25) is 5.02 Å². The number of fused-ring (bicyclic) bond motifs is 3.